The summed E-state index contributed by atoms with van der Waals surface area (Å²) in [5.41, 5.74) is 2.31. The number of aromatic hydroxyl groups is 2. The summed E-state index contributed by atoms with van der Waals surface area (Å²) in [5.74, 6) is 1.62. The van der Waals surface area contributed by atoms with Crippen molar-refractivity contribution in [3.8, 4) is 17.2 Å². The minimum atomic E-state index is 0.238. The second-order valence-electron chi connectivity index (χ2n) is 4.93. The van der Waals surface area contributed by atoms with E-state index in [-0.39, 0.29) is 11.5 Å². The summed E-state index contributed by atoms with van der Waals surface area (Å²) in [6, 6.07) is 12.6. The van der Waals surface area contributed by atoms with Crippen LogP contribution in [0.3, 0.4) is 0 Å². The molecule has 0 bridgehead atoms. The Labute approximate surface area is 112 Å². The van der Waals surface area contributed by atoms with E-state index in [2.05, 4.69) is 0 Å². The van der Waals surface area contributed by atoms with Crippen molar-refractivity contribution in [1.82, 2.24) is 0 Å². The molecule has 1 atom stereocenters. The highest BCUT2D eigenvalue weighted by atomic mass is 16.5. The van der Waals surface area contributed by atoms with Crippen LogP contribution < -0.4 is 4.74 Å². The number of phenols is 2. The van der Waals surface area contributed by atoms with Gasteiger partial charge < -0.3 is 14.9 Å². The first-order chi connectivity index (χ1) is 9.22. The molecule has 0 aliphatic carbocycles. The molecule has 2 aromatic rings. The molecule has 3 heteroatoms. The lowest BCUT2D eigenvalue weighted by Gasteiger charge is -2.14. The van der Waals surface area contributed by atoms with Crippen LogP contribution in [0.2, 0.25) is 0 Å². The van der Waals surface area contributed by atoms with E-state index in [1.165, 1.54) is 5.56 Å². The van der Waals surface area contributed by atoms with E-state index in [1.54, 1.807) is 24.3 Å². The van der Waals surface area contributed by atoms with Crippen LogP contribution in [0.4, 0.5) is 0 Å². The Kier molecular flexibility index (Phi) is 3.03. The van der Waals surface area contributed by atoms with Crippen molar-refractivity contribution < 1.29 is 14.9 Å². The first-order valence-corrected chi connectivity index (χ1v) is 6.46. The summed E-state index contributed by atoms with van der Waals surface area (Å²) in [6.45, 7) is 0.598. The van der Waals surface area contributed by atoms with Crippen LogP contribution >= 0.6 is 0 Å². The summed E-state index contributed by atoms with van der Waals surface area (Å²) < 4.78 is 5.80. The Morgan fingerprint density at radius 2 is 1.68 bits per heavy atom. The lowest BCUT2D eigenvalue weighted by Crippen LogP contribution is -2.08. The van der Waals surface area contributed by atoms with Gasteiger partial charge >= 0.3 is 0 Å². The number of hydrogen-bond acceptors (Lipinski definition) is 3. The van der Waals surface area contributed by atoms with Gasteiger partial charge in [-0.1, -0.05) is 18.2 Å². The second-order valence-corrected chi connectivity index (χ2v) is 4.93. The number of aryl methyl sites for hydroxylation is 1. The Bertz CT molecular complexity index is 575. The lowest BCUT2D eigenvalue weighted by molar-refractivity contribution is 0.291. The molecule has 1 aliphatic heterocycles. The van der Waals surface area contributed by atoms with E-state index >= 15 is 0 Å². The predicted octanol–water partition coefficient (Wildman–Crippen LogP) is 3.21. The molecule has 1 aliphatic rings. The first-order valence-electron chi connectivity index (χ1n) is 6.46. The van der Waals surface area contributed by atoms with Gasteiger partial charge in [-0.25, -0.2) is 0 Å². The Balaban J connectivity index is 1.81. The maximum atomic E-state index is 9.49. The smallest absolute Gasteiger partial charge is 0.126 e. The van der Waals surface area contributed by atoms with E-state index in [0.717, 1.165) is 24.2 Å². The van der Waals surface area contributed by atoms with Crippen molar-refractivity contribution in [2.24, 2.45) is 0 Å². The summed E-state index contributed by atoms with van der Waals surface area (Å²) in [4.78, 5) is 0. The van der Waals surface area contributed by atoms with E-state index in [4.69, 9.17) is 4.74 Å². The average Bonchev–Trinajstić information content (AvgIpc) is 2.62. The van der Waals surface area contributed by atoms with Crippen molar-refractivity contribution >= 4 is 0 Å². The zero-order valence-corrected chi connectivity index (χ0v) is 10.5. The number of hydrogen-bond donors (Lipinski definition) is 2. The van der Waals surface area contributed by atoms with Gasteiger partial charge in [0.2, 0.25) is 0 Å². The molecule has 19 heavy (non-hydrogen) atoms. The zero-order chi connectivity index (χ0) is 13.2. The molecule has 0 saturated carbocycles. The van der Waals surface area contributed by atoms with Crippen molar-refractivity contribution in [3.05, 3.63) is 53.6 Å². The highest BCUT2D eigenvalue weighted by molar-refractivity contribution is 5.41. The van der Waals surface area contributed by atoms with Crippen LogP contribution in [0.15, 0.2) is 42.5 Å². The number of benzene rings is 2. The van der Waals surface area contributed by atoms with Crippen molar-refractivity contribution in [2.75, 3.05) is 6.61 Å². The average molecular weight is 256 g/mol. The Hall–Kier alpha value is -2.16. The molecule has 0 fully saturated rings. The molecule has 98 valence electrons. The van der Waals surface area contributed by atoms with Crippen LogP contribution in [0.5, 0.6) is 17.2 Å². The van der Waals surface area contributed by atoms with Gasteiger partial charge in [-0.3, -0.25) is 0 Å². The molecule has 0 aromatic heterocycles. The van der Waals surface area contributed by atoms with Crippen LogP contribution in [0, 0.1) is 0 Å². The summed E-state index contributed by atoms with van der Waals surface area (Å²) >= 11 is 0. The SMILES string of the molecule is Oc1ccc([C@@H]2CCc3ccc(O)cc3OC2)cc1. The Morgan fingerprint density at radius 1 is 0.947 bits per heavy atom. The van der Waals surface area contributed by atoms with Gasteiger partial charge in [0.25, 0.3) is 0 Å². The predicted molar refractivity (Wildman–Crippen MR) is 72.8 cm³/mol. The molecule has 2 N–H and O–H groups in total. The molecule has 0 radical (unpaired) electrons. The summed E-state index contributed by atoms with van der Waals surface area (Å²) in [7, 11) is 0. The first kappa shape index (κ1) is 11.9. The minimum absolute atomic E-state index is 0.238. The summed E-state index contributed by atoms with van der Waals surface area (Å²) in [5, 5.41) is 18.8. The number of rotatable bonds is 1. The van der Waals surface area contributed by atoms with Crippen molar-refractivity contribution in [1.29, 1.82) is 0 Å². The topological polar surface area (TPSA) is 49.7 Å². The van der Waals surface area contributed by atoms with Gasteiger partial charge in [-0.05, 0) is 42.2 Å². The van der Waals surface area contributed by atoms with Crippen LogP contribution in [-0.4, -0.2) is 16.8 Å². The fourth-order valence-electron chi connectivity index (χ4n) is 2.50. The minimum Gasteiger partial charge on any atom is -0.508 e. The van der Waals surface area contributed by atoms with E-state index in [1.807, 2.05) is 18.2 Å². The third-order valence-electron chi connectivity index (χ3n) is 3.62. The lowest BCUT2D eigenvalue weighted by atomic mass is 9.94. The molecular formula is C16H16O3. The molecule has 3 rings (SSSR count). The standard InChI is InChI=1S/C16H16O3/c17-14-6-3-11(4-7-14)13-2-1-12-5-8-15(18)9-16(12)19-10-13/h3-9,13,17-18H,1-2,10H2/t13-/m1/s1. The molecule has 3 nitrogen and oxygen atoms in total. The fourth-order valence-corrected chi connectivity index (χ4v) is 2.50. The van der Waals surface area contributed by atoms with Gasteiger partial charge in [0.05, 0.1) is 6.61 Å². The highest BCUT2D eigenvalue weighted by Crippen LogP contribution is 2.33. The third kappa shape index (κ3) is 2.50. The van der Waals surface area contributed by atoms with Gasteiger partial charge in [0.15, 0.2) is 0 Å². The monoisotopic (exact) mass is 256 g/mol. The zero-order valence-electron chi connectivity index (χ0n) is 10.5. The molecule has 0 spiro atoms. The van der Waals surface area contributed by atoms with Crippen LogP contribution in [0.25, 0.3) is 0 Å². The second kappa shape index (κ2) is 4.84. The third-order valence-corrected chi connectivity index (χ3v) is 3.62. The van der Waals surface area contributed by atoms with Gasteiger partial charge in [0.1, 0.15) is 17.2 Å². The van der Waals surface area contributed by atoms with Gasteiger partial charge in [0, 0.05) is 12.0 Å². The number of phenolic OH excluding ortho intramolecular Hbond substituents is 2. The molecule has 0 saturated heterocycles. The van der Waals surface area contributed by atoms with Crippen LogP contribution in [-0.2, 0) is 6.42 Å². The van der Waals surface area contributed by atoms with Crippen molar-refractivity contribution in [2.45, 2.75) is 18.8 Å². The van der Waals surface area contributed by atoms with E-state index < -0.39 is 0 Å². The molecule has 2 aromatic carbocycles. The number of fused-ring (bicyclic) bond motifs is 1. The molecule has 1 heterocycles. The van der Waals surface area contributed by atoms with Gasteiger partial charge in [-0.15, -0.1) is 0 Å². The summed E-state index contributed by atoms with van der Waals surface area (Å²) in [6.07, 6.45) is 1.93. The van der Waals surface area contributed by atoms with Crippen molar-refractivity contribution in [3.63, 3.8) is 0 Å². The highest BCUT2D eigenvalue weighted by Gasteiger charge is 2.19. The number of ether oxygens (including phenoxy) is 1. The quantitative estimate of drug-likeness (QED) is 0.823. The molecular weight excluding hydrogens is 240 g/mol. The van der Waals surface area contributed by atoms with Crippen LogP contribution in [0.1, 0.15) is 23.5 Å². The molecule has 0 amide bonds. The fraction of sp³-hybridized carbons (Fsp3) is 0.250. The van der Waals surface area contributed by atoms with E-state index in [0.29, 0.717) is 12.5 Å². The largest absolute Gasteiger partial charge is 0.508 e. The maximum Gasteiger partial charge on any atom is 0.126 e. The maximum absolute atomic E-state index is 9.49. The Morgan fingerprint density at radius 3 is 2.47 bits per heavy atom. The van der Waals surface area contributed by atoms with Gasteiger partial charge in [-0.2, -0.15) is 0 Å². The normalized spacial score (nSPS) is 18.2. The van der Waals surface area contributed by atoms with E-state index in [9.17, 15) is 10.2 Å². The molecule has 0 unspecified atom stereocenters.